The smallest absolute Gasteiger partial charge is 0.404 e. The van der Waals surface area contributed by atoms with Crippen LogP contribution in [0, 0.1) is 0 Å². The zero-order valence-corrected chi connectivity index (χ0v) is 14.2. The quantitative estimate of drug-likeness (QED) is 0.713. The van der Waals surface area contributed by atoms with Gasteiger partial charge >= 0.3 is 6.09 Å². The highest BCUT2D eigenvalue weighted by molar-refractivity contribution is 7.14. The maximum atomic E-state index is 11.4. The molecule has 1 aromatic heterocycles. The first-order chi connectivity index (χ1) is 11.6. The average molecular weight is 348 g/mol. The van der Waals surface area contributed by atoms with Crippen LogP contribution in [0.4, 0.5) is 4.79 Å². The molecule has 0 radical (unpaired) electrons. The Hall–Kier alpha value is -2.48. The van der Waals surface area contributed by atoms with Crippen LogP contribution in [-0.2, 0) is 9.53 Å². The minimum atomic E-state index is -0.773. The summed E-state index contributed by atoms with van der Waals surface area (Å²) in [6.45, 7) is 1.75. The Balaban J connectivity index is 1.98. The van der Waals surface area contributed by atoms with E-state index in [0.29, 0.717) is 12.8 Å². The predicted octanol–water partition coefficient (Wildman–Crippen LogP) is 2.65. The topological polar surface area (TPSA) is 107 Å². The van der Waals surface area contributed by atoms with E-state index in [4.69, 9.17) is 10.5 Å². The van der Waals surface area contributed by atoms with Crippen LogP contribution < -0.4 is 11.1 Å². The summed E-state index contributed by atoms with van der Waals surface area (Å²) in [4.78, 5) is 22.0. The van der Waals surface area contributed by atoms with Crippen LogP contribution in [0.15, 0.2) is 30.3 Å². The van der Waals surface area contributed by atoms with E-state index >= 15 is 0 Å². The number of benzene rings is 1. The molecule has 128 valence electrons. The van der Waals surface area contributed by atoms with Crippen LogP contribution in [0.2, 0.25) is 0 Å². The molecule has 2 rings (SSSR count). The van der Waals surface area contributed by atoms with Crippen LogP contribution in [0.25, 0.3) is 10.6 Å². The number of rotatable bonds is 8. The molecule has 0 aliphatic heterocycles. The molecule has 1 heterocycles. The Kier molecular flexibility index (Phi) is 6.68. The highest BCUT2D eigenvalue weighted by Crippen LogP contribution is 2.28. The molecule has 8 heteroatoms. The van der Waals surface area contributed by atoms with Crippen LogP contribution in [0.1, 0.15) is 37.2 Å². The molecule has 0 saturated heterocycles. The minimum Gasteiger partial charge on any atom is -0.450 e. The lowest BCUT2D eigenvalue weighted by atomic mass is 10.1. The van der Waals surface area contributed by atoms with Crippen molar-refractivity contribution in [1.29, 1.82) is 0 Å². The number of primary amides is 1. The van der Waals surface area contributed by atoms with Gasteiger partial charge in [0.1, 0.15) is 10.0 Å². The van der Waals surface area contributed by atoms with E-state index in [1.807, 2.05) is 30.3 Å². The molecule has 3 N–H and O–H groups in total. The Bertz CT molecular complexity index is 675. The fourth-order valence-corrected chi connectivity index (χ4v) is 3.13. The van der Waals surface area contributed by atoms with E-state index in [1.54, 1.807) is 0 Å². The minimum absolute atomic E-state index is 0.121. The number of amides is 2. The van der Waals surface area contributed by atoms with Gasteiger partial charge in [0.25, 0.3) is 0 Å². The van der Waals surface area contributed by atoms with Crippen molar-refractivity contribution in [2.45, 2.75) is 32.2 Å². The van der Waals surface area contributed by atoms with Gasteiger partial charge in [-0.3, -0.25) is 4.79 Å². The Morgan fingerprint density at radius 1 is 1.25 bits per heavy atom. The number of carbonyl (C=O) groups excluding carboxylic acids is 2. The molecule has 0 aliphatic carbocycles. The molecule has 1 atom stereocenters. The zero-order valence-electron chi connectivity index (χ0n) is 13.4. The third-order valence-electron chi connectivity index (χ3n) is 3.27. The van der Waals surface area contributed by atoms with Gasteiger partial charge in [-0.15, -0.1) is 10.2 Å². The molecule has 2 amide bonds. The molecule has 2 aromatic rings. The third-order valence-corrected chi connectivity index (χ3v) is 4.35. The van der Waals surface area contributed by atoms with Gasteiger partial charge in [0.15, 0.2) is 0 Å². The van der Waals surface area contributed by atoms with Gasteiger partial charge in [-0.25, -0.2) is 4.79 Å². The van der Waals surface area contributed by atoms with E-state index in [9.17, 15) is 9.59 Å². The van der Waals surface area contributed by atoms with Gasteiger partial charge in [0.2, 0.25) is 5.91 Å². The van der Waals surface area contributed by atoms with Crippen molar-refractivity contribution in [3.63, 3.8) is 0 Å². The number of nitrogens with one attached hydrogen (secondary N) is 1. The van der Waals surface area contributed by atoms with E-state index in [1.165, 1.54) is 18.3 Å². The standard InChI is InChI=1S/C16H20N4O3S/c1-11(21)18-13(9-5-6-10-23-16(17)22)15-20-19-14(24-15)12-7-3-2-4-8-12/h2-4,7-8,13H,5-6,9-10H2,1H3,(H2,17,22)(H,18,21)/t13-/m0/s1. The maximum absolute atomic E-state index is 11.4. The van der Waals surface area contributed by atoms with E-state index < -0.39 is 6.09 Å². The van der Waals surface area contributed by atoms with Crippen molar-refractivity contribution in [3.8, 4) is 10.6 Å². The molecule has 0 saturated carbocycles. The number of unbranched alkanes of at least 4 members (excludes halogenated alkanes) is 1. The van der Waals surface area contributed by atoms with Crippen molar-refractivity contribution < 1.29 is 14.3 Å². The second-order valence-corrected chi connectivity index (χ2v) is 6.24. The van der Waals surface area contributed by atoms with Gasteiger partial charge in [-0.1, -0.05) is 41.7 Å². The first-order valence-corrected chi connectivity index (χ1v) is 8.46. The number of nitrogens with zero attached hydrogens (tertiary/aromatic N) is 2. The molecule has 0 bridgehead atoms. The first kappa shape index (κ1) is 17.9. The lowest BCUT2D eigenvalue weighted by molar-refractivity contribution is -0.119. The summed E-state index contributed by atoms with van der Waals surface area (Å²) in [5, 5.41) is 12.9. The van der Waals surface area contributed by atoms with Crippen molar-refractivity contribution in [1.82, 2.24) is 15.5 Å². The van der Waals surface area contributed by atoms with Crippen LogP contribution in [0.5, 0.6) is 0 Å². The number of nitrogens with two attached hydrogens (primary N) is 1. The van der Waals surface area contributed by atoms with E-state index in [-0.39, 0.29) is 18.6 Å². The molecule has 0 unspecified atom stereocenters. The highest BCUT2D eigenvalue weighted by atomic mass is 32.1. The first-order valence-electron chi connectivity index (χ1n) is 7.64. The van der Waals surface area contributed by atoms with Crippen molar-refractivity contribution in [2.75, 3.05) is 6.61 Å². The van der Waals surface area contributed by atoms with Gasteiger partial charge in [-0.05, 0) is 19.3 Å². The summed E-state index contributed by atoms with van der Waals surface area (Å²) < 4.78 is 4.70. The monoisotopic (exact) mass is 348 g/mol. The molecule has 0 aliphatic rings. The molecular weight excluding hydrogens is 328 g/mol. The Labute approximate surface area is 144 Å². The second-order valence-electron chi connectivity index (χ2n) is 5.23. The largest absolute Gasteiger partial charge is 0.450 e. The number of carbonyl (C=O) groups is 2. The van der Waals surface area contributed by atoms with Gasteiger partial charge in [0.05, 0.1) is 12.6 Å². The fourth-order valence-electron chi connectivity index (χ4n) is 2.20. The summed E-state index contributed by atoms with van der Waals surface area (Å²) in [7, 11) is 0. The normalized spacial score (nSPS) is 11.7. The van der Waals surface area contributed by atoms with Gasteiger partial charge in [0, 0.05) is 12.5 Å². The second kappa shape index (κ2) is 8.97. The highest BCUT2D eigenvalue weighted by Gasteiger charge is 2.18. The number of hydrogen-bond acceptors (Lipinski definition) is 6. The van der Waals surface area contributed by atoms with E-state index in [2.05, 4.69) is 15.5 Å². The molecular formula is C16H20N4O3S. The molecule has 0 fully saturated rings. The zero-order chi connectivity index (χ0) is 17.4. The van der Waals surface area contributed by atoms with E-state index in [0.717, 1.165) is 22.0 Å². The van der Waals surface area contributed by atoms with Gasteiger partial charge < -0.3 is 15.8 Å². The summed E-state index contributed by atoms with van der Waals surface area (Å²) in [5.41, 5.74) is 5.91. The van der Waals surface area contributed by atoms with Crippen molar-refractivity contribution in [2.24, 2.45) is 5.73 Å². The SMILES string of the molecule is CC(=O)N[C@@H](CCCCOC(N)=O)c1nnc(-c2ccccc2)s1. The average Bonchev–Trinajstić information content (AvgIpc) is 3.03. The van der Waals surface area contributed by atoms with Crippen molar-refractivity contribution >= 4 is 23.3 Å². The number of aromatic nitrogens is 2. The van der Waals surface area contributed by atoms with Gasteiger partial charge in [-0.2, -0.15) is 0 Å². The molecule has 0 spiro atoms. The third kappa shape index (κ3) is 5.62. The summed E-state index contributed by atoms with van der Waals surface area (Å²) in [6, 6.07) is 9.57. The maximum Gasteiger partial charge on any atom is 0.404 e. The summed E-state index contributed by atoms with van der Waals surface area (Å²) >= 11 is 1.46. The molecule has 24 heavy (non-hydrogen) atoms. The van der Waals surface area contributed by atoms with Crippen molar-refractivity contribution in [3.05, 3.63) is 35.3 Å². The Morgan fingerprint density at radius 3 is 2.67 bits per heavy atom. The summed E-state index contributed by atoms with van der Waals surface area (Å²) in [6.07, 6.45) is 1.34. The number of ether oxygens (including phenoxy) is 1. The van der Waals surface area contributed by atoms with Crippen LogP contribution in [-0.4, -0.2) is 28.8 Å². The Morgan fingerprint density at radius 2 is 2.00 bits per heavy atom. The number of hydrogen-bond donors (Lipinski definition) is 2. The lowest BCUT2D eigenvalue weighted by Crippen LogP contribution is -2.26. The lowest BCUT2D eigenvalue weighted by Gasteiger charge is -2.14. The molecule has 7 nitrogen and oxygen atoms in total. The molecule has 1 aromatic carbocycles. The predicted molar refractivity (Wildman–Crippen MR) is 91.3 cm³/mol. The fraction of sp³-hybridized carbons (Fsp3) is 0.375. The summed E-state index contributed by atoms with van der Waals surface area (Å²) in [5.74, 6) is -0.121. The van der Waals surface area contributed by atoms with Crippen LogP contribution in [0.3, 0.4) is 0 Å². The van der Waals surface area contributed by atoms with Crippen LogP contribution >= 0.6 is 11.3 Å².